The number of hydrogen-bond donors (Lipinski definition) is 1. The maximum atomic E-state index is 12.4. The topological polar surface area (TPSA) is 129 Å². The number of esters is 1. The number of rotatable bonds is 8. The number of nitro benzene ring substituents is 1. The fourth-order valence-electron chi connectivity index (χ4n) is 2.74. The average Bonchev–Trinajstić information content (AvgIpc) is 2.84. The molecule has 3 rings (SSSR count). The van der Waals surface area contributed by atoms with E-state index in [0.29, 0.717) is 28.4 Å². The summed E-state index contributed by atoms with van der Waals surface area (Å²) in [5.41, 5.74) is 3.14. The van der Waals surface area contributed by atoms with Crippen molar-refractivity contribution in [1.82, 2.24) is 5.43 Å². The Morgan fingerprint density at radius 3 is 2.33 bits per heavy atom. The fourth-order valence-corrected chi connectivity index (χ4v) is 2.74. The standard InChI is InChI=1S/C23H19N3O7/c1-31-20-11-8-17(13-21(20)32-2)23(28)33-19-9-6-15(7-10-19)14-24-25-22(27)16-4-3-5-18(12-16)26(29)30/h3-14H,1-2H3,(H,25,27)/b24-14-. The molecule has 0 aliphatic heterocycles. The quantitative estimate of drug-likeness (QED) is 0.183. The number of non-ortho nitro benzene ring substituents is 1. The van der Waals surface area contributed by atoms with Gasteiger partial charge in [0.25, 0.3) is 11.6 Å². The van der Waals surface area contributed by atoms with E-state index in [-0.39, 0.29) is 11.3 Å². The first-order chi connectivity index (χ1) is 15.9. The Bertz CT molecular complexity index is 1210. The molecule has 1 amide bonds. The second-order valence-corrected chi connectivity index (χ2v) is 6.53. The number of carbonyl (C=O) groups is 2. The van der Waals surface area contributed by atoms with Crippen molar-refractivity contribution in [2.45, 2.75) is 0 Å². The average molecular weight is 449 g/mol. The van der Waals surface area contributed by atoms with Crippen LogP contribution in [-0.2, 0) is 0 Å². The number of ether oxygens (including phenoxy) is 3. The molecule has 3 aromatic rings. The van der Waals surface area contributed by atoms with E-state index in [0.717, 1.165) is 6.07 Å². The smallest absolute Gasteiger partial charge is 0.343 e. The van der Waals surface area contributed by atoms with Gasteiger partial charge in [-0.2, -0.15) is 5.10 Å². The summed E-state index contributed by atoms with van der Waals surface area (Å²) in [6, 6.07) is 16.4. The van der Waals surface area contributed by atoms with Gasteiger partial charge in [-0.1, -0.05) is 6.07 Å². The Hall–Kier alpha value is -4.73. The number of nitro groups is 1. The minimum Gasteiger partial charge on any atom is -0.493 e. The van der Waals surface area contributed by atoms with Crippen molar-refractivity contribution >= 4 is 23.8 Å². The summed E-state index contributed by atoms with van der Waals surface area (Å²) in [6.45, 7) is 0. The molecule has 0 unspecified atom stereocenters. The van der Waals surface area contributed by atoms with Crippen molar-refractivity contribution in [3.63, 3.8) is 0 Å². The predicted octanol–water partition coefficient (Wildman–Crippen LogP) is 3.60. The summed E-state index contributed by atoms with van der Waals surface area (Å²) in [6.07, 6.45) is 1.38. The third kappa shape index (κ3) is 5.91. The molecule has 0 heterocycles. The minimum atomic E-state index is -0.588. The van der Waals surface area contributed by atoms with Crippen molar-refractivity contribution in [3.8, 4) is 17.2 Å². The Morgan fingerprint density at radius 2 is 1.67 bits per heavy atom. The largest absolute Gasteiger partial charge is 0.493 e. The van der Waals surface area contributed by atoms with Crippen LogP contribution in [0.3, 0.4) is 0 Å². The number of hydrogen-bond acceptors (Lipinski definition) is 8. The van der Waals surface area contributed by atoms with E-state index in [1.807, 2.05) is 0 Å². The van der Waals surface area contributed by atoms with Gasteiger partial charge < -0.3 is 14.2 Å². The van der Waals surface area contributed by atoms with Gasteiger partial charge in [-0.25, -0.2) is 10.2 Å². The molecule has 0 bridgehead atoms. The number of nitrogens with one attached hydrogen (secondary N) is 1. The van der Waals surface area contributed by atoms with Crippen LogP contribution in [-0.4, -0.2) is 37.2 Å². The number of methoxy groups -OCH3 is 2. The molecule has 10 heteroatoms. The van der Waals surface area contributed by atoms with Crippen LogP contribution in [0.15, 0.2) is 71.8 Å². The van der Waals surface area contributed by atoms with Gasteiger partial charge in [-0.05, 0) is 54.1 Å². The summed E-state index contributed by atoms with van der Waals surface area (Å²) < 4.78 is 15.7. The molecule has 3 aromatic carbocycles. The first kappa shape index (κ1) is 22.9. The molecule has 0 fully saturated rings. The molecule has 0 saturated carbocycles. The summed E-state index contributed by atoms with van der Waals surface area (Å²) in [4.78, 5) is 34.7. The van der Waals surface area contributed by atoms with Gasteiger partial charge in [0.05, 0.1) is 30.9 Å². The number of amides is 1. The first-order valence-electron chi connectivity index (χ1n) is 9.53. The maximum Gasteiger partial charge on any atom is 0.343 e. The molecule has 0 aromatic heterocycles. The number of benzene rings is 3. The third-order valence-corrected chi connectivity index (χ3v) is 4.41. The van der Waals surface area contributed by atoms with E-state index < -0.39 is 16.8 Å². The lowest BCUT2D eigenvalue weighted by molar-refractivity contribution is -0.384. The lowest BCUT2D eigenvalue weighted by Gasteiger charge is -2.09. The van der Waals surface area contributed by atoms with Crippen molar-refractivity contribution in [3.05, 3.63) is 93.5 Å². The Kier molecular flexibility index (Phi) is 7.32. The van der Waals surface area contributed by atoms with E-state index in [4.69, 9.17) is 14.2 Å². The zero-order valence-electron chi connectivity index (χ0n) is 17.7. The van der Waals surface area contributed by atoms with E-state index in [1.54, 1.807) is 36.4 Å². The molecule has 0 radical (unpaired) electrons. The molecule has 10 nitrogen and oxygen atoms in total. The van der Waals surface area contributed by atoms with Crippen molar-refractivity contribution in [1.29, 1.82) is 0 Å². The number of nitrogens with zero attached hydrogens (tertiary/aromatic N) is 2. The zero-order chi connectivity index (χ0) is 23.8. The van der Waals surface area contributed by atoms with Gasteiger partial charge in [0.15, 0.2) is 11.5 Å². The minimum absolute atomic E-state index is 0.110. The van der Waals surface area contributed by atoms with Crippen LogP contribution in [0.2, 0.25) is 0 Å². The van der Waals surface area contributed by atoms with Crippen LogP contribution >= 0.6 is 0 Å². The summed E-state index contributed by atoms with van der Waals surface area (Å²) in [5, 5.41) is 14.6. The van der Waals surface area contributed by atoms with Crippen molar-refractivity contribution < 1.29 is 28.7 Å². The van der Waals surface area contributed by atoms with Gasteiger partial charge >= 0.3 is 5.97 Å². The molecular weight excluding hydrogens is 430 g/mol. The Labute approximate surface area is 188 Å². The van der Waals surface area contributed by atoms with Gasteiger partial charge in [-0.15, -0.1) is 0 Å². The van der Waals surface area contributed by atoms with Crippen LogP contribution in [0.5, 0.6) is 17.2 Å². The molecule has 0 aliphatic carbocycles. The third-order valence-electron chi connectivity index (χ3n) is 4.41. The Morgan fingerprint density at radius 1 is 0.939 bits per heavy atom. The normalized spacial score (nSPS) is 10.5. The zero-order valence-corrected chi connectivity index (χ0v) is 17.7. The molecule has 0 saturated heterocycles. The molecule has 0 aliphatic rings. The van der Waals surface area contributed by atoms with Crippen LogP contribution < -0.4 is 19.6 Å². The SMILES string of the molecule is COc1ccc(C(=O)Oc2ccc(/C=N\NC(=O)c3cccc([N+](=O)[O-])c3)cc2)cc1OC. The predicted molar refractivity (Wildman–Crippen MR) is 119 cm³/mol. The molecular formula is C23H19N3O7. The second kappa shape index (κ2) is 10.5. The van der Waals surface area contributed by atoms with Crippen LogP contribution in [0.25, 0.3) is 0 Å². The van der Waals surface area contributed by atoms with Crippen LogP contribution in [0, 0.1) is 10.1 Å². The van der Waals surface area contributed by atoms with E-state index >= 15 is 0 Å². The number of carbonyl (C=O) groups excluding carboxylic acids is 2. The van der Waals surface area contributed by atoms with Gasteiger partial charge in [0.2, 0.25) is 0 Å². The van der Waals surface area contributed by atoms with Gasteiger partial charge in [-0.3, -0.25) is 14.9 Å². The second-order valence-electron chi connectivity index (χ2n) is 6.53. The monoisotopic (exact) mass is 449 g/mol. The molecule has 0 spiro atoms. The number of hydrazone groups is 1. The molecule has 168 valence electrons. The fraction of sp³-hybridized carbons (Fsp3) is 0.0870. The van der Waals surface area contributed by atoms with Crippen molar-refractivity contribution in [2.24, 2.45) is 5.10 Å². The van der Waals surface area contributed by atoms with E-state index in [9.17, 15) is 19.7 Å². The maximum absolute atomic E-state index is 12.4. The van der Waals surface area contributed by atoms with Gasteiger partial charge in [0.1, 0.15) is 5.75 Å². The molecule has 0 atom stereocenters. The molecule has 1 N–H and O–H groups in total. The van der Waals surface area contributed by atoms with E-state index in [1.165, 1.54) is 44.7 Å². The first-order valence-corrected chi connectivity index (χ1v) is 9.53. The summed E-state index contributed by atoms with van der Waals surface area (Å²) in [7, 11) is 2.97. The van der Waals surface area contributed by atoms with E-state index in [2.05, 4.69) is 10.5 Å². The highest BCUT2D eigenvalue weighted by Crippen LogP contribution is 2.28. The Balaban J connectivity index is 1.59. The highest BCUT2D eigenvalue weighted by molar-refractivity contribution is 5.95. The van der Waals surface area contributed by atoms with Crippen LogP contribution in [0.1, 0.15) is 26.3 Å². The summed E-state index contributed by atoms with van der Waals surface area (Å²) >= 11 is 0. The van der Waals surface area contributed by atoms with Gasteiger partial charge in [0, 0.05) is 17.7 Å². The highest BCUT2D eigenvalue weighted by atomic mass is 16.6. The van der Waals surface area contributed by atoms with Crippen LogP contribution in [0.4, 0.5) is 5.69 Å². The van der Waals surface area contributed by atoms with Crippen molar-refractivity contribution in [2.75, 3.05) is 14.2 Å². The summed E-state index contributed by atoms with van der Waals surface area (Å²) in [5.74, 6) is 0.0607. The molecule has 33 heavy (non-hydrogen) atoms. The lowest BCUT2D eigenvalue weighted by Crippen LogP contribution is -2.17. The highest BCUT2D eigenvalue weighted by Gasteiger charge is 2.13. The lowest BCUT2D eigenvalue weighted by atomic mass is 10.2.